The largest absolute Gasteiger partial charge is 0.496 e. The van der Waals surface area contributed by atoms with Gasteiger partial charge in [0.2, 0.25) is 0 Å². The summed E-state index contributed by atoms with van der Waals surface area (Å²) < 4.78 is 31.8. The summed E-state index contributed by atoms with van der Waals surface area (Å²) in [5.41, 5.74) is 6.71. The molecule has 2 rings (SSSR count). The second-order valence-electron chi connectivity index (χ2n) is 4.12. The van der Waals surface area contributed by atoms with Gasteiger partial charge in [-0.05, 0) is 52.3 Å². The van der Waals surface area contributed by atoms with Gasteiger partial charge in [0.05, 0.1) is 11.6 Å². The molecule has 2 aromatic rings. The zero-order chi connectivity index (χ0) is 14.7. The molecule has 0 bridgehead atoms. The quantitative estimate of drug-likeness (QED) is 0.790. The van der Waals surface area contributed by atoms with E-state index in [1.807, 2.05) is 0 Å². The molecule has 20 heavy (non-hydrogen) atoms. The third kappa shape index (κ3) is 3.19. The van der Waals surface area contributed by atoms with Crippen LogP contribution in [0.25, 0.3) is 0 Å². The summed E-state index contributed by atoms with van der Waals surface area (Å²) in [6.07, 6.45) is -2.59. The molecule has 0 saturated heterocycles. The molecule has 6 heteroatoms. The fourth-order valence-electron chi connectivity index (χ4n) is 1.78. The molecule has 3 nitrogen and oxygen atoms in total. The van der Waals surface area contributed by atoms with E-state index in [4.69, 9.17) is 10.5 Å². The number of nitrogens with two attached hydrogens (primary N) is 1. The normalized spacial score (nSPS) is 10.7. The number of halogens is 3. The monoisotopic (exact) mass is 342 g/mol. The van der Waals surface area contributed by atoms with Crippen LogP contribution < -0.4 is 15.8 Å². The van der Waals surface area contributed by atoms with Crippen molar-refractivity contribution in [3.8, 4) is 5.75 Å². The predicted octanol–water partition coefficient (Wildman–Crippen LogP) is 4.72. The van der Waals surface area contributed by atoms with Crippen LogP contribution in [0.15, 0.2) is 40.9 Å². The van der Waals surface area contributed by atoms with Crippen molar-refractivity contribution in [2.24, 2.45) is 0 Å². The molecule has 0 saturated carbocycles. The first-order valence-electron chi connectivity index (χ1n) is 5.79. The number of ether oxygens (including phenoxy) is 1. The summed E-state index contributed by atoms with van der Waals surface area (Å²) in [7, 11) is 1.56. The number of benzene rings is 2. The summed E-state index contributed by atoms with van der Waals surface area (Å²) in [6, 6.07) is 9.62. The van der Waals surface area contributed by atoms with Crippen molar-refractivity contribution >= 4 is 33.0 Å². The Morgan fingerprint density at radius 3 is 2.55 bits per heavy atom. The van der Waals surface area contributed by atoms with Crippen molar-refractivity contribution in [2.45, 2.75) is 6.43 Å². The highest BCUT2D eigenvalue weighted by Crippen LogP contribution is 2.33. The Kier molecular flexibility index (Phi) is 4.44. The predicted molar refractivity (Wildman–Crippen MR) is 79.8 cm³/mol. The second-order valence-corrected chi connectivity index (χ2v) is 4.98. The van der Waals surface area contributed by atoms with Crippen LogP contribution in [0.1, 0.15) is 12.0 Å². The molecule has 0 aliphatic rings. The Morgan fingerprint density at radius 2 is 1.95 bits per heavy atom. The first-order valence-corrected chi connectivity index (χ1v) is 6.58. The van der Waals surface area contributed by atoms with Crippen LogP contribution in [-0.2, 0) is 0 Å². The molecular formula is C14H13BrF2N2O. The van der Waals surface area contributed by atoms with Crippen LogP contribution in [-0.4, -0.2) is 7.11 Å². The lowest BCUT2D eigenvalue weighted by Crippen LogP contribution is -1.98. The maximum Gasteiger partial charge on any atom is 0.265 e. The van der Waals surface area contributed by atoms with E-state index < -0.39 is 6.43 Å². The number of hydrogen-bond acceptors (Lipinski definition) is 3. The summed E-state index contributed by atoms with van der Waals surface area (Å²) in [5.74, 6) is 0.668. The smallest absolute Gasteiger partial charge is 0.265 e. The van der Waals surface area contributed by atoms with Gasteiger partial charge in [-0.25, -0.2) is 8.78 Å². The second kappa shape index (κ2) is 6.09. The van der Waals surface area contributed by atoms with Gasteiger partial charge in [0, 0.05) is 22.6 Å². The maximum absolute atomic E-state index is 13.0. The Hall–Kier alpha value is -1.82. The van der Waals surface area contributed by atoms with Crippen molar-refractivity contribution < 1.29 is 13.5 Å². The summed E-state index contributed by atoms with van der Waals surface area (Å²) >= 11 is 3.35. The summed E-state index contributed by atoms with van der Waals surface area (Å²) in [6.45, 7) is 0. The van der Waals surface area contributed by atoms with Crippen molar-refractivity contribution in [3.63, 3.8) is 0 Å². The van der Waals surface area contributed by atoms with E-state index >= 15 is 0 Å². The van der Waals surface area contributed by atoms with Crippen LogP contribution in [0.2, 0.25) is 0 Å². The Labute approximate surface area is 123 Å². The van der Waals surface area contributed by atoms with E-state index in [9.17, 15) is 8.78 Å². The number of nitrogens with one attached hydrogen (secondary N) is 1. The molecule has 0 aliphatic carbocycles. The van der Waals surface area contributed by atoms with Gasteiger partial charge in [-0.2, -0.15) is 0 Å². The SMILES string of the molecule is COc1ccc(Nc2ccc(N)cc2C(F)F)cc1Br. The van der Waals surface area contributed by atoms with Gasteiger partial charge >= 0.3 is 0 Å². The zero-order valence-electron chi connectivity index (χ0n) is 10.7. The van der Waals surface area contributed by atoms with Crippen LogP contribution in [0.4, 0.5) is 25.8 Å². The van der Waals surface area contributed by atoms with Crippen molar-refractivity contribution in [3.05, 3.63) is 46.4 Å². The number of methoxy groups -OCH3 is 1. The molecule has 0 amide bonds. The Balaban J connectivity index is 2.32. The molecule has 0 aliphatic heterocycles. The first kappa shape index (κ1) is 14.6. The average molecular weight is 343 g/mol. The molecule has 2 aromatic carbocycles. The number of anilines is 3. The number of hydrogen-bond donors (Lipinski definition) is 2. The molecule has 0 radical (unpaired) electrons. The Morgan fingerprint density at radius 1 is 1.20 bits per heavy atom. The van der Waals surface area contributed by atoms with E-state index in [1.54, 1.807) is 31.4 Å². The molecule has 0 aromatic heterocycles. The average Bonchev–Trinajstić information content (AvgIpc) is 2.41. The molecule has 0 atom stereocenters. The molecule has 0 heterocycles. The standard InChI is InChI=1S/C14H13BrF2N2O/c1-20-13-5-3-9(7-11(13)15)19-12-4-2-8(18)6-10(12)14(16)17/h2-7,14,19H,18H2,1H3. The van der Waals surface area contributed by atoms with Gasteiger partial charge < -0.3 is 15.8 Å². The molecule has 0 spiro atoms. The van der Waals surface area contributed by atoms with Crippen LogP contribution >= 0.6 is 15.9 Å². The minimum atomic E-state index is -2.59. The zero-order valence-corrected chi connectivity index (χ0v) is 12.2. The van der Waals surface area contributed by atoms with Crippen molar-refractivity contribution in [2.75, 3.05) is 18.2 Å². The fraction of sp³-hybridized carbons (Fsp3) is 0.143. The number of nitrogen functional groups attached to an aromatic ring is 1. The third-order valence-corrected chi connectivity index (χ3v) is 3.36. The van der Waals surface area contributed by atoms with Gasteiger partial charge in [-0.3, -0.25) is 0 Å². The molecular weight excluding hydrogens is 330 g/mol. The van der Waals surface area contributed by atoms with E-state index in [0.29, 0.717) is 22.8 Å². The fourth-order valence-corrected chi connectivity index (χ4v) is 2.32. The van der Waals surface area contributed by atoms with E-state index in [1.165, 1.54) is 12.1 Å². The number of rotatable bonds is 4. The molecule has 0 unspecified atom stereocenters. The van der Waals surface area contributed by atoms with E-state index in [2.05, 4.69) is 21.2 Å². The van der Waals surface area contributed by atoms with Crippen molar-refractivity contribution in [1.29, 1.82) is 0 Å². The number of alkyl halides is 2. The van der Waals surface area contributed by atoms with Gasteiger partial charge in [0.25, 0.3) is 6.43 Å². The lowest BCUT2D eigenvalue weighted by atomic mass is 10.1. The van der Waals surface area contributed by atoms with Gasteiger partial charge in [0.15, 0.2) is 0 Å². The van der Waals surface area contributed by atoms with Gasteiger partial charge in [0.1, 0.15) is 5.75 Å². The van der Waals surface area contributed by atoms with E-state index in [0.717, 1.165) is 4.47 Å². The molecule has 3 N–H and O–H groups in total. The van der Waals surface area contributed by atoms with Gasteiger partial charge in [-0.15, -0.1) is 0 Å². The van der Waals surface area contributed by atoms with Crippen molar-refractivity contribution in [1.82, 2.24) is 0 Å². The maximum atomic E-state index is 13.0. The summed E-state index contributed by atoms with van der Waals surface area (Å²) in [4.78, 5) is 0. The highest BCUT2D eigenvalue weighted by Gasteiger charge is 2.14. The minimum Gasteiger partial charge on any atom is -0.496 e. The highest BCUT2D eigenvalue weighted by molar-refractivity contribution is 9.10. The molecule has 0 fully saturated rings. The lowest BCUT2D eigenvalue weighted by Gasteiger charge is -2.13. The molecule has 106 valence electrons. The lowest BCUT2D eigenvalue weighted by molar-refractivity contribution is 0.152. The van der Waals surface area contributed by atoms with Crippen LogP contribution in [0.3, 0.4) is 0 Å². The van der Waals surface area contributed by atoms with Crippen LogP contribution in [0, 0.1) is 0 Å². The first-order chi connectivity index (χ1) is 9.51. The third-order valence-electron chi connectivity index (χ3n) is 2.74. The minimum absolute atomic E-state index is 0.128. The topological polar surface area (TPSA) is 47.3 Å². The van der Waals surface area contributed by atoms with Gasteiger partial charge in [-0.1, -0.05) is 0 Å². The summed E-state index contributed by atoms with van der Waals surface area (Å²) in [5, 5.41) is 2.95. The van der Waals surface area contributed by atoms with E-state index in [-0.39, 0.29) is 5.56 Å². The Bertz CT molecular complexity index is 620. The van der Waals surface area contributed by atoms with Crippen LogP contribution in [0.5, 0.6) is 5.75 Å². The highest BCUT2D eigenvalue weighted by atomic mass is 79.9.